The number of nitrogens with one attached hydrogen (secondary N) is 1. The Kier molecular flexibility index (Phi) is 6.04. The van der Waals surface area contributed by atoms with E-state index in [9.17, 15) is 5.11 Å². The molecule has 5 rings (SSSR count). The highest BCUT2D eigenvalue weighted by Gasteiger charge is 2.32. The molecule has 0 amide bonds. The van der Waals surface area contributed by atoms with Crippen LogP contribution in [0.15, 0.2) is 48.7 Å². The maximum absolute atomic E-state index is 11.2. The van der Waals surface area contributed by atoms with E-state index in [0.29, 0.717) is 6.04 Å². The molecular formula is C25H28N4O2S. The summed E-state index contributed by atoms with van der Waals surface area (Å²) in [4.78, 5) is 4.47. The molecule has 4 aromatic rings. The van der Waals surface area contributed by atoms with Gasteiger partial charge in [0.1, 0.15) is 16.8 Å². The lowest BCUT2D eigenvalue weighted by Gasteiger charge is -2.36. The molecule has 0 spiro atoms. The van der Waals surface area contributed by atoms with E-state index >= 15 is 0 Å². The maximum atomic E-state index is 11.2. The average Bonchev–Trinajstić information content (AvgIpc) is 3.30. The molecule has 0 radical (unpaired) electrons. The van der Waals surface area contributed by atoms with Crippen LogP contribution in [0.3, 0.4) is 0 Å². The summed E-state index contributed by atoms with van der Waals surface area (Å²) in [5.74, 6) is 0.835. The Hall–Kier alpha value is -2.61. The normalized spacial score (nSPS) is 21.2. The molecule has 2 aromatic heterocycles. The van der Waals surface area contributed by atoms with Crippen molar-refractivity contribution in [2.24, 2.45) is 0 Å². The van der Waals surface area contributed by atoms with Crippen LogP contribution in [0.1, 0.15) is 43.2 Å². The van der Waals surface area contributed by atoms with Crippen LogP contribution in [0.25, 0.3) is 21.9 Å². The van der Waals surface area contributed by atoms with Crippen LogP contribution in [-0.2, 0) is 13.0 Å². The lowest BCUT2D eigenvalue weighted by atomic mass is 9.78. The molecule has 1 aliphatic rings. The van der Waals surface area contributed by atoms with Gasteiger partial charge in [-0.1, -0.05) is 6.07 Å². The quantitative estimate of drug-likeness (QED) is 0.429. The lowest BCUT2D eigenvalue weighted by molar-refractivity contribution is -0.0107. The Labute approximate surface area is 192 Å². The molecule has 2 aromatic carbocycles. The Morgan fingerprint density at radius 3 is 2.72 bits per heavy atom. The third-order valence-corrected chi connectivity index (χ3v) is 7.28. The fourth-order valence-electron chi connectivity index (χ4n) is 4.70. The van der Waals surface area contributed by atoms with Crippen molar-refractivity contribution in [1.29, 1.82) is 0 Å². The minimum absolute atomic E-state index is 0.436. The maximum Gasteiger partial charge on any atom is 0.119 e. The van der Waals surface area contributed by atoms with Gasteiger partial charge in [0, 0.05) is 24.2 Å². The number of hydrogen-bond acceptors (Lipinski definition) is 7. The number of nitrogens with zero attached hydrogens (tertiary/aromatic N) is 3. The summed E-state index contributed by atoms with van der Waals surface area (Å²) in [6.07, 6.45) is 7.09. The number of hydrogen-bond donors (Lipinski definition) is 2. The van der Waals surface area contributed by atoms with Gasteiger partial charge in [0.15, 0.2) is 0 Å². The van der Waals surface area contributed by atoms with Crippen molar-refractivity contribution in [2.45, 2.75) is 56.7 Å². The summed E-state index contributed by atoms with van der Waals surface area (Å²) in [5.41, 5.74) is 4.74. The van der Waals surface area contributed by atoms with Crippen LogP contribution < -0.4 is 10.1 Å². The van der Waals surface area contributed by atoms with E-state index in [1.54, 1.807) is 7.11 Å². The van der Waals surface area contributed by atoms with Crippen LogP contribution in [0.2, 0.25) is 0 Å². The molecule has 6 nitrogen and oxygen atoms in total. The number of methoxy groups -OCH3 is 1. The number of aliphatic hydroxyl groups is 1. The van der Waals surface area contributed by atoms with Gasteiger partial charge >= 0.3 is 0 Å². The number of pyridine rings is 1. The summed E-state index contributed by atoms with van der Waals surface area (Å²) in [7, 11) is 1.68. The zero-order valence-corrected chi connectivity index (χ0v) is 19.1. The molecule has 0 saturated heterocycles. The van der Waals surface area contributed by atoms with Gasteiger partial charge in [-0.2, -0.15) is 8.75 Å². The van der Waals surface area contributed by atoms with Gasteiger partial charge in [-0.25, -0.2) is 0 Å². The standard InChI is InChI=1S/C25H28N4O2S/c1-31-20-3-5-22-21(15-20)18(9-13-26-22)6-10-25(30)11-7-19(8-12-25)27-16-17-2-4-23-24(14-17)29-32-28-23/h2-5,9,13-15,19,27,30H,6-8,10-12,16H2,1H3. The summed E-state index contributed by atoms with van der Waals surface area (Å²) >= 11 is 1.25. The summed E-state index contributed by atoms with van der Waals surface area (Å²) in [6, 6.07) is 14.7. The lowest BCUT2D eigenvalue weighted by Crippen LogP contribution is -2.41. The molecule has 0 atom stereocenters. The van der Waals surface area contributed by atoms with E-state index in [4.69, 9.17) is 4.74 Å². The second-order valence-electron chi connectivity index (χ2n) is 8.82. The molecule has 2 heterocycles. The number of aryl methyl sites for hydroxylation is 1. The molecule has 166 valence electrons. The third-order valence-electron chi connectivity index (χ3n) is 6.73. The fraction of sp³-hybridized carbons (Fsp3) is 0.400. The third kappa shape index (κ3) is 4.60. The molecule has 32 heavy (non-hydrogen) atoms. The minimum atomic E-state index is -0.599. The van der Waals surface area contributed by atoms with Gasteiger partial charge in [0.2, 0.25) is 0 Å². The van der Waals surface area contributed by atoms with Gasteiger partial charge in [-0.15, -0.1) is 0 Å². The second-order valence-corrected chi connectivity index (χ2v) is 9.35. The SMILES string of the molecule is COc1ccc2nccc(CCC3(O)CCC(NCc4ccc5nsnc5c4)CC3)c2c1. The highest BCUT2D eigenvalue weighted by molar-refractivity contribution is 7.00. The van der Waals surface area contributed by atoms with Crippen molar-refractivity contribution < 1.29 is 9.84 Å². The molecule has 0 unspecified atom stereocenters. The first-order valence-electron chi connectivity index (χ1n) is 11.2. The Balaban J connectivity index is 1.16. The van der Waals surface area contributed by atoms with Gasteiger partial charge in [-0.05, 0) is 86.1 Å². The van der Waals surface area contributed by atoms with E-state index < -0.39 is 5.60 Å². The van der Waals surface area contributed by atoms with Gasteiger partial charge in [0.25, 0.3) is 0 Å². The van der Waals surface area contributed by atoms with Gasteiger partial charge in [-0.3, -0.25) is 4.98 Å². The van der Waals surface area contributed by atoms with E-state index in [1.807, 2.05) is 30.5 Å². The van der Waals surface area contributed by atoms with Crippen LogP contribution in [0.4, 0.5) is 0 Å². The predicted octanol–water partition coefficient (Wildman–Crippen LogP) is 4.64. The molecule has 0 aliphatic heterocycles. The zero-order chi connectivity index (χ0) is 22.0. The highest BCUT2D eigenvalue weighted by atomic mass is 32.1. The van der Waals surface area contributed by atoms with Gasteiger partial charge in [0.05, 0.1) is 30.0 Å². The first-order valence-corrected chi connectivity index (χ1v) is 11.9. The number of benzene rings is 2. The summed E-state index contributed by atoms with van der Waals surface area (Å²) < 4.78 is 14.0. The van der Waals surface area contributed by atoms with Crippen LogP contribution >= 0.6 is 11.7 Å². The van der Waals surface area contributed by atoms with E-state index in [1.165, 1.54) is 22.9 Å². The van der Waals surface area contributed by atoms with Crippen molar-refractivity contribution in [3.05, 3.63) is 59.8 Å². The molecule has 2 N–H and O–H groups in total. The average molecular weight is 449 g/mol. The number of rotatable bonds is 7. The van der Waals surface area contributed by atoms with Crippen LogP contribution in [0.5, 0.6) is 5.75 Å². The molecule has 7 heteroatoms. The van der Waals surface area contributed by atoms with E-state index in [0.717, 1.165) is 72.8 Å². The van der Waals surface area contributed by atoms with Gasteiger partial charge < -0.3 is 15.2 Å². The Morgan fingerprint density at radius 1 is 1.06 bits per heavy atom. The van der Waals surface area contributed by atoms with Crippen LogP contribution in [0, 0.1) is 0 Å². The van der Waals surface area contributed by atoms with Crippen molar-refractivity contribution in [3.63, 3.8) is 0 Å². The van der Waals surface area contributed by atoms with E-state index in [2.05, 4.69) is 37.2 Å². The number of ether oxygens (including phenoxy) is 1. The van der Waals surface area contributed by atoms with E-state index in [-0.39, 0.29) is 0 Å². The number of aromatic nitrogens is 3. The zero-order valence-electron chi connectivity index (χ0n) is 18.3. The smallest absolute Gasteiger partial charge is 0.119 e. The molecule has 1 aliphatic carbocycles. The monoisotopic (exact) mass is 448 g/mol. The number of fused-ring (bicyclic) bond motifs is 2. The summed E-state index contributed by atoms with van der Waals surface area (Å²) in [6.45, 7) is 0.821. The van der Waals surface area contributed by atoms with Crippen molar-refractivity contribution in [3.8, 4) is 5.75 Å². The molecule has 1 saturated carbocycles. The van der Waals surface area contributed by atoms with Crippen molar-refractivity contribution >= 4 is 33.7 Å². The Morgan fingerprint density at radius 2 is 1.88 bits per heavy atom. The van der Waals surface area contributed by atoms with Crippen molar-refractivity contribution in [1.82, 2.24) is 19.0 Å². The second kappa shape index (κ2) is 9.10. The molecular weight excluding hydrogens is 420 g/mol. The first kappa shape index (κ1) is 21.2. The fourth-order valence-corrected chi connectivity index (χ4v) is 5.22. The highest BCUT2D eigenvalue weighted by Crippen LogP contribution is 2.33. The predicted molar refractivity (Wildman–Crippen MR) is 128 cm³/mol. The van der Waals surface area contributed by atoms with Crippen molar-refractivity contribution in [2.75, 3.05) is 7.11 Å². The largest absolute Gasteiger partial charge is 0.497 e. The minimum Gasteiger partial charge on any atom is -0.497 e. The molecule has 1 fully saturated rings. The Bertz CT molecular complexity index is 1220. The molecule has 0 bridgehead atoms. The topological polar surface area (TPSA) is 80.2 Å². The summed E-state index contributed by atoms with van der Waals surface area (Å²) in [5, 5.41) is 16.0. The first-order chi connectivity index (χ1) is 15.6. The van der Waals surface area contributed by atoms with Crippen LogP contribution in [-0.4, -0.2) is 37.6 Å².